The highest BCUT2D eigenvalue weighted by Gasteiger charge is 2.22. The summed E-state index contributed by atoms with van der Waals surface area (Å²) in [6.07, 6.45) is 6.42. The van der Waals surface area contributed by atoms with Crippen LogP contribution < -0.4 is 24.8 Å². The number of aromatic nitrogens is 3. The summed E-state index contributed by atoms with van der Waals surface area (Å²) in [7, 11) is 0.0786. The maximum atomic E-state index is 11.5. The first-order chi connectivity index (χ1) is 21.7. The summed E-state index contributed by atoms with van der Waals surface area (Å²) < 4.78 is 35.0. The van der Waals surface area contributed by atoms with Crippen LogP contribution in [0.2, 0.25) is 0 Å². The van der Waals surface area contributed by atoms with Gasteiger partial charge in [0.25, 0.3) is 0 Å². The van der Waals surface area contributed by atoms with Crippen LogP contribution in [0.25, 0.3) is 21.9 Å². The topological polar surface area (TPSA) is 145 Å². The summed E-state index contributed by atoms with van der Waals surface area (Å²) in [6.45, 7) is 7.36. The van der Waals surface area contributed by atoms with Gasteiger partial charge in [-0.15, -0.1) is 12.6 Å². The van der Waals surface area contributed by atoms with Gasteiger partial charge in [0, 0.05) is 75.4 Å². The average molecular weight is 654 g/mol. The molecule has 13 nitrogen and oxygen atoms in total. The second kappa shape index (κ2) is 13.3. The molecule has 0 bridgehead atoms. The Kier molecular flexibility index (Phi) is 9.23. The van der Waals surface area contributed by atoms with Crippen molar-refractivity contribution >= 4 is 56.1 Å². The molecule has 0 aliphatic carbocycles. The normalized spacial score (nSPS) is 17.2. The van der Waals surface area contributed by atoms with E-state index in [0.717, 1.165) is 72.6 Å². The van der Waals surface area contributed by atoms with E-state index >= 15 is 0 Å². The third-order valence-corrected chi connectivity index (χ3v) is 9.58. The van der Waals surface area contributed by atoms with Crippen molar-refractivity contribution in [2.45, 2.75) is 16.8 Å². The first-order valence-corrected chi connectivity index (χ1v) is 16.9. The minimum absolute atomic E-state index is 0.0591. The molecule has 15 heteroatoms. The second-order valence-electron chi connectivity index (χ2n) is 11.3. The van der Waals surface area contributed by atoms with Gasteiger partial charge in [-0.25, -0.2) is 23.5 Å². The van der Waals surface area contributed by atoms with Crippen LogP contribution in [0.1, 0.15) is 6.42 Å². The number of benzene rings is 2. The van der Waals surface area contributed by atoms with E-state index in [2.05, 4.69) is 42.0 Å². The highest BCUT2D eigenvalue weighted by atomic mass is 32.2. The SMILES string of the molecule is COc1cc2c(cc1OCCCN1CCN(C)CC1)[nH]c1ncnc(N3C=CN(C(S)Nc4ccc(S(N)(=O)=O)cc4)CC3)c12. The van der Waals surface area contributed by atoms with E-state index < -0.39 is 10.0 Å². The number of anilines is 2. The highest BCUT2D eigenvalue weighted by Crippen LogP contribution is 2.38. The van der Waals surface area contributed by atoms with Gasteiger partial charge in [-0.1, -0.05) is 0 Å². The van der Waals surface area contributed by atoms with Gasteiger partial charge in [-0.2, -0.15) is 0 Å². The number of thiol groups is 1. The van der Waals surface area contributed by atoms with Crippen LogP contribution in [0.4, 0.5) is 11.5 Å². The largest absolute Gasteiger partial charge is 0.493 e. The number of hydrogen-bond donors (Lipinski definition) is 4. The second-order valence-corrected chi connectivity index (χ2v) is 13.3. The van der Waals surface area contributed by atoms with Crippen LogP contribution in [-0.4, -0.2) is 110 Å². The molecule has 6 rings (SSSR count). The third kappa shape index (κ3) is 7.07. The zero-order chi connectivity index (χ0) is 31.6. The van der Waals surface area contributed by atoms with Gasteiger partial charge in [0.1, 0.15) is 23.3 Å². The molecular weight excluding hydrogens is 615 g/mol. The fourth-order valence-electron chi connectivity index (χ4n) is 5.64. The number of nitrogens with zero attached hydrogens (tertiary/aromatic N) is 6. The summed E-state index contributed by atoms with van der Waals surface area (Å²) >= 11 is 4.72. The number of methoxy groups -OCH3 is 1. The predicted octanol–water partition coefficient (Wildman–Crippen LogP) is 2.70. The smallest absolute Gasteiger partial charge is 0.238 e. The third-order valence-electron chi connectivity index (χ3n) is 8.23. The number of nitrogens with two attached hydrogens (primary N) is 1. The Morgan fingerprint density at radius 3 is 2.51 bits per heavy atom. The lowest BCUT2D eigenvalue weighted by molar-refractivity contribution is 0.145. The van der Waals surface area contributed by atoms with Gasteiger partial charge >= 0.3 is 0 Å². The lowest BCUT2D eigenvalue weighted by Crippen LogP contribution is -2.44. The number of aromatic amines is 1. The number of rotatable bonds is 11. The molecule has 1 saturated heterocycles. The lowest BCUT2D eigenvalue weighted by Gasteiger charge is -2.34. The van der Waals surface area contributed by atoms with E-state index in [4.69, 9.17) is 27.2 Å². The summed E-state index contributed by atoms with van der Waals surface area (Å²) in [6, 6.07) is 10.2. The Hall–Kier alpha value is -3.76. The fraction of sp³-hybridized carbons (Fsp3) is 0.400. The number of primary sulfonamides is 1. The van der Waals surface area contributed by atoms with Crippen molar-refractivity contribution < 1.29 is 17.9 Å². The molecule has 1 fully saturated rings. The van der Waals surface area contributed by atoms with Crippen LogP contribution in [0, 0.1) is 0 Å². The number of sulfonamides is 1. The van der Waals surface area contributed by atoms with Gasteiger partial charge in [-0.3, -0.25) is 0 Å². The molecule has 0 spiro atoms. The van der Waals surface area contributed by atoms with Gasteiger partial charge in [0.2, 0.25) is 10.0 Å². The van der Waals surface area contributed by atoms with Crippen molar-refractivity contribution in [3.05, 3.63) is 55.1 Å². The summed E-state index contributed by atoms with van der Waals surface area (Å²) in [4.78, 5) is 21.6. The van der Waals surface area contributed by atoms with Crippen LogP contribution in [0.15, 0.2) is 60.0 Å². The Labute approximate surface area is 268 Å². The van der Waals surface area contributed by atoms with Crippen molar-refractivity contribution in [1.82, 2.24) is 29.7 Å². The molecule has 2 aromatic carbocycles. The van der Waals surface area contributed by atoms with Crippen LogP contribution in [0.5, 0.6) is 11.5 Å². The Bertz CT molecular complexity index is 1770. The molecule has 0 radical (unpaired) electrons. The maximum absolute atomic E-state index is 11.5. The number of ether oxygens (including phenoxy) is 2. The van der Waals surface area contributed by atoms with E-state index in [0.29, 0.717) is 31.2 Å². The van der Waals surface area contributed by atoms with Crippen molar-refractivity contribution in [3.8, 4) is 11.5 Å². The van der Waals surface area contributed by atoms with E-state index in [-0.39, 0.29) is 10.4 Å². The van der Waals surface area contributed by atoms with Gasteiger partial charge in [0.05, 0.1) is 29.5 Å². The molecule has 4 heterocycles. The van der Waals surface area contributed by atoms with Gasteiger partial charge in [0.15, 0.2) is 11.5 Å². The number of H-pyrrole nitrogens is 1. The summed E-state index contributed by atoms with van der Waals surface area (Å²) in [5, 5.41) is 10.3. The van der Waals surface area contributed by atoms with Crippen molar-refractivity contribution in [1.29, 1.82) is 0 Å². The molecule has 1 unspecified atom stereocenters. The van der Waals surface area contributed by atoms with E-state index in [9.17, 15) is 8.42 Å². The number of fused-ring (bicyclic) bond motifs is 3. The molecule has 0 amide bonds. The molecule has 45 heavy (non-hydrogen) atoms. The molecular formula is C30H39N9O4S2. The number of likely N-dealkylation sites (N-methyl/N-ethyl adjacent to an activating group) is 1. The molecule has 4 N–H and O–H groups in total. The Morgan fingerprint density at radius 1 is 1.04 bits per heavy atom. The van der Waals surface area contributed by atoms with Crippen LogP contribution >= 0.6 is 12.6 Å². The van der Waals surface area contributed by atoms with Crippen LogP contribution in [0.3, 0.4) is 0 Å². The lowest BCUT2D eigenvalue weighted by atomic mass is 10.1. The zero-order valence-corrected chi connectivity index (χ0v) is 27.1. The van der Waals surface area contributed by atoms with Crippen molar-refractivity contribution in [3.63, 3.8) is 0 Å². The maximum Gasteiger partial charge on any atom is 0.238 e. The predicted molar refractivity (Wildman–Crippen MR) is 179 cm³/mol. The van der Waals surface area contributed by atoms with E-state index in [1.807, 2.05) is 29.4 Å². The highest BCUT2D eigenvalue weighted by molar-refractivity contribution is 7.89. The molecule has 4 aromatic rings. The number of hydrogen-bond acceptors (Lipinski definition) is 12. The minimum Gasteiger partial charge on any atom is -0.493 e. The molecule has 240 valence electrons. The zero-order valence-electron chi connectivity index (χ0n) is 25.4. The van der Waals surface area contributed by atoms with Crippen molar-refractivity contribution in [2.24, 2.45) is 5.14 Å². The molecule has 2 aromatic heterocycles. The summed E-state index contributed by atoms with van der Waals surface area (Å²) in [5.74, 6) is 2.15. The van der Waals surface area contributed by atoms with Gasteiger partial charge < -0.3 is 39.4 Å². The van der Waals surface area contributed by atoms with Crippen LogP contribution in [-0.2, 0) is 10.0 Å². The molecule has 0 saturated carbocycles. The van der Waals surface area contributed by atoms with E-state index in [1.165, 1.54) is 12.1 Å². The molecule has 2 aliphatic heterocycles. The first-order valence-electron chi connectivity index (χ1n) is 14.9. The average Bonchev–Trinajstić information content (AvgIpc) is 3.41. The molecule has 1 atom stereocenters. The quantitative estimate of drug-likeness (QED) is 0.108. The Balaban J connectivity index is 1.14. The first kappa shape index (κ1) is 31.2. The fourth-order valence-corrected chi connectivity index (χ4v) is 6.50. The number of piperazine rings is 1. The van der Waals surface area contributed by atoms with Crippen molar-refractivity contribution in [2.75, 3.05) is 76.8 Å². The number of nitrogens with one attached hydrogen (secondary N) is 2. The minimum atomic E-state index is -3.74. The standard InChI is InChI=1S/C30H39N9O4S2/c1-36-9-11-37(12-10-36)8-3-17-43-26-19-24-23(18-25(26)42-2)27-28(35-24)32-20-33-29(27)38-13-15-39(16-14-38)30(44)34-21-4-6-22(7-5-21)45(31,40)41/h4-7,13,15,18-20,30,34,44H,3,8-12,14,16-17H2,1-2H3,(H2,31,40,41)(H,32,33,35). The summed E-state index contributed by atoms with van der Waals surface area (Å²) in [5.41, 5.74) is 2.02. The van der Waals surface area contributed by atoms with Gasteiger partial charge in [-0.05, 0) is 43.8 Å². The monoisotopic (exact) mass is 653 g/mol. The molecule has 2 aliphatic rings. The van der Waals surface area contributed by atoms with E-state index in [1.54, 1.807) is 25.6 Å². The Morgan fingerprint density at radius 2 is 1.82 bits per heavy atom.